The Labute approximate surface area is 91.9 Å². The van der Waals surface area contributed by atoms with E-state index in [1.807, 2.05) is 12.1 Å². The molecule has 1 aromatic rings. The first kappa shape index (κ1) is 10.3. The van der Waals surface area contributed by atoms with Gasteiger partial charge in [0.25, 0.3) is 0 Å². The Morgan fingerprint density at radius 1 is 1.40 bits per heavy atom. The topological polar surface area (TPSA) is 38.0 Å². The summed E-state index contributed by atoms with van der Waals surface area (Å²) in [7, 11) is 0. The average Bonchev–Trinajstić information content (AvgIpc) is 2.15. The molecule has 0 unspecified atom stereocenters. The molecule has 1 aromatic carbocycles. The van der Waals surface area contributed by atoms with Crippen LogP contribution in [0, 0.1) is 12.8 Å². The Balaban J connectivity index is 1.83. The number of nitrogen functional groups attached to an aromatic ring is 1. The summed E-state index contributed by atoms with van der Waals surface area (Å²) in [5.41, 5.74) is 9.10. The summed E-state index contributed by atoms with van der Waals surface area (Å²) in [6, 6.07) is 6.14. The molecule has 0 atom stereocenters. The monoisotopic (exact) mass is 204 g/mol. The van der Waals surface area contributed by atoms with Gasteiger partial charge in [-0.1, -0.05) is 25.3 Å². The van der Waals surface area contributed by atoms with E-state index in [1.165, 1.54) is 31.2 Å². The van der Waals surface area contributed by atoms with Gasteiger partial charge in [0.2, 0.25) is 0 Å². The van der Waals surface area contributed by atoms with Crippen LogP contribution in [0.4, 0.5) is 11.4 Å². The molecule has 0 aromatic heterocycles. The van der Waals surface area contributed by atoms with Crippen molar-refractivity contribution >= 4 is 11.4 Å². The molecule has 0 aliphatic heterocycles. The number of nitrogens with one attached hydrogen (secondary N) is 1. The van der Waals surface area contributed by atoms with E-state index >= 15 is 0 Å². The second kappa shape index (κ2) is 4.56. The number of aryl methyl sites for hydroxylation is 1. The highest BCUT2D eigenvalue weighted by Gasteiger charge is 2.16. The first-order chi connectivity index (χ1) is 7.25. The summed E-state index contributed by atoms with van der Waals surface area (Å²) in [4.78, 5) is 0. The van der Waals surface area contributed by atoms with Gasteiger partial charge >= 0.3 is 0 Å². The number of anilines is 2. The van der Waals surface area contributed by atoms with Gasteiger partial charge in [-0.05, 0) is 37.0 Å². The third kappa shape index (κ3) is 2.65. The highest BCUT2D eigenvalue weighted by atomic mass is 14.9. The highest BCUT2D eigenvalue weighted by molar-refractivity contribution is 5.66. The summed E-state index contributed by atoms with van der Waals surface area (Å²) >= 11 is 0. The molecule has 0 spiro atoms. The molecule has 3 N–H and O–H groups in total. The van der Waals surface area contributed by atoms with Crippen LogP contribution in [0.3, 0.4) is 0 Å². The predicted molar refractivity (Wildman–Crippen MR) is 66.0 cm³/mol. The van der Waals surface area contributed by atoms with Crippen LogP contribution in [-0.2, 0) is 0 Å². The quantitative estimate of drug-likeness (QED) is 0.739. The van der Waals surface area contributed by atoms with Crippen molar-refractivity contribution < 1.29 is 0 Å². The van der Waals surface area contributed by atoms with Crippen LogP contribution in [0.1, 0.15) is 31.2 Å². The smallest absolute Gasteiger partial charge is 0.0576 e. The largest absolute Gasteiger partial charge is 0.397 e. The molecule has 0 radical (unpaired) electrons. The first-order valence-electron chi connectivity index (χ1n) is 5.86. The predicted octanol–water partition coefficient (Wildman–Crippen LogP) is 3.18. The lowest BCUT2D eigenvalue weighted by Gasteiger charge is -2.25. The molecule has 82 valence electrons. The molecule has 15 heavy (non-hydrogen) atoms. The fourth-order valence-corrected chi connectivity index (χ4v) is 2.02. The van der Waals surface area contributed by atoms with Crippen molar-refractivity contribution in [1.29, 1.82) is 0 Å². The van der Waals surface area contributed by atoms with Crippen molar-refractivity contribution in [3.63, 3.8) is 0 Å². The summed E-state index contributed by atoms with van der Waals surface area (Å²) in [5, 5.41) is 3.43. The first-order valence-corrected chi connectivity index (χ1v) is 5.86. The molecule has 2 heteroatoms. The second-order valence-corrected chi connectivity index (χ2v) is 4.60. The molecule has 0 bridgehead atoms. The lowest BCUT2D eigenvalue weighted by Crippen LogP contribution is -2.16. The minimum Gasteiger partial charge on any atom is -0.397 e. The zero-order valence-electron chi connectivity index (χ0n) is 9.42. The Morgan fingerprint density at radius 3 is 2.87 bits per heavy atom. The summed E-state index contributed by atoms with van der Waals surface area (Å²) in [6.07, 6.45) is 5.56. The SMILES string of the molecule is Cc1ccc(N)c(NCCC2CCC2)c1. The molecule has 2 nitrogen and oxygen atoms in total. The summed E-state index contributed by atoms with van der Waals surface area (Å²) < 4.78 is 0. The summed E-state index contributed by atoms with van der Waals surface area (Å²) in [5.74, 6) is 0.962. The van der Waals surface area contributed by atoms with Gasteiger partial charge in [-0.15, -0.1) is 0 Å². The molecule has 2 rings (SSSR count). The van der Waals surface area contributed by atoms with Crippen LogP contribution < -0.4 is 11.1 Å². The van der Waals surface area contributed by atoms with Crippen LogP contribution in [-0.4, -0.2) is 6.54 Å². The van der Waals surface area contributed by atoms with E-state index in [0.717, 1.165) is 23.8 Å². The third-order valence-electron chi connectivity index (χ3n) is 3.30. The molecule has 1 aliphatic carbocycles. The standard InChI is InChI=1S/C13H20N2/c1-10-5-6-12(14)13(9-10)15-8-7-11-3-2-4-11/h5-6,9,11,15H,2-4,7-8,14H2,1H3. The van der Waals surface area contributed by atoms with E-state index in [1.54, 1.807) is 0 Å². The zero-order valence-corrected chi connectivity index (χ0v) is 9.42. The molecule has 0 heterocycles. The fraction of sp³-hybridized carbons (Fsp3) is 0.538. The molecule has 0 saturated heterocycles. The van der Waals surface area contributed by atoms with Gasteiger partial charge < -0.3 is 11.1 Å². The highest BCUT2D eigenvalue weighted by Crippen LogP contribution is 2.29. The van der Waals surface area contributed by atoms with Crippen LogP contribution in [0.25, 0.3) is 0 Å². The van der Waals surface area contributed by atoms with Gasteiger partial charge in [0.05, 0.1) is 11.4 Å². The molecular weight excluding hydrogens is 184 g/mol. The lowest BCUT2D eigenvalue weighted by molar-refractivity contribution is 0.303. The fourth-order valence-electron chi connectivity index (χ4n) is 2.02. The summed E-state index contributed by atoms with van der Waals surface area (Å²) in [6.45, 7) is 3.15. The number of benzene rings is 1. The van der Waals surface area contributed by atoms with Gasteiger partial charge in [-0.2, -0.15) is 0 Å². The zero-order chi connectivity index (χ0) is 10.7. The Kier molecular flexibility index (Phi) is 3.14. The third-order valence-corrected chi connectivity index (χ3v) is 3.30. The lowest BCUT2D eigenvalue weighted by atomic mass is 9.83. The van der Waals surface area contributed by atoms with Crippen molar-refractivity contribution in [3.05, 3.63) is 23.8 Å². The maximum absolute atomic E-state index is 5.89. The maximum Gasteiger partial charge on any atom is 0.0576 e. The molecular formula is C13H20N2. The van der Waals surface area contributed by atoms with Gasteiger partial charge in [0, 0.05) is 6.54 Å². The minimum absolute atomic E-state index is 0.856. The van der Waals surface area contributed by atoms with Gasteiger partial charge in [0.1, 0.15) is 0 Å². The van der Waals surface area contributed by atoms with Crippen molar-refractivity contribution in [1.82, 2.24) is 0 Å². The number of hydrogen-bond acceptors (Lipinski definition) is 2. The van der Waals surface area contributed by atoms with Gasteiger partial charge in [-0.3, -0.25) is 0 Å². The number of hydrogen-bond donors (Lipinski definition) is 2. The van der Waals surface area contributed by atoms with E-state index in [-0.39, 0.29) is 0 Å². The second-order valence-electron chi connectivity index (χ2n) is 4.60. The van der Waals surface area contributed by atoms with E-state index in [4.69, 9.17) is 5.73 Å². The maximum atomic E-state index is 5.89. The van der Waals surface area contributed by atoms with Gasteiger partial charge in [0.15, 0.2) is 0 Å². The Bertz CT molecular complexity index is 329. The van der Waals surface area contributed by atoms with E-state index in [9.17, 15) is 0 Å². The number of rotatable bonds is 4. The molecule has 1 saturated carbocycles. The average molecular weight is 204 g/mol. The Morgan fingerprint density at radius 2 is 2.20 bits per heavy atom. The van der Waals surface area contributed by atoms with Crippen LogP contribution in [0.5, 0.6) is 0 Å². The van der Waals surface area contributed by atoms with Gasteiger partial charge in [-0.25, -0.2) is 0 Å². The number of nitrogens with two attached hydrogens (primary N) is 1. The van der Waals surface area contributed by atoms with Crippen molar-refractivity contribution in [2.75, 3.05) is 17.6 Å². The van der Waals surface area contributed by atoms with Crippen LogP contribution in [0.15, 0.2) is 18.2 Å². The van der Waals surface area contributed by atoms with Crippen molar-refractivity contribution in [2.45, 2.75) is 32.6 Å². The minimum atomic E-state index is 0.856. The normalized spacial score (nSPS) is 16.1. The van der Waals surface area contributed by atoms with Crippen molar-refractivity contribution in [3.8, 4) is 0 Å². The van der Waals surface area contributed by atoms with Crippen molar-refractivity contribution in [2.24, 2.45) is 5.92 Å². The molecule has 0 amide bonds. The molecule has 1 fully saturated rings. The van der Waals surface area contributed by atoms with E-state index in [0.29, 0.717) is 0 Å². The van der Waals surface area contributed by atoms with Crippen LogP contribution >= 0.6 is 0 Å². The molecule has 1 aliphatic rings. The van der Waals surface area contributed by atoms with E-state index in [2.05, 4.69) is 18.3 Å². The Hall–Kier alpha value is -1.18. The van der Waals surface area contributed by atoms with Crippen LogP contribution in [0.2, 0.25) is 0 Å². The van der Waals surface area contributed by atoms with E-state index < -0.39 is 0 Å².